The van der Waals surface area contributed by atoms with Gasteiger partial charge in [-0.2, -0.15) is 0 Å². The molecule has 4 bridgehead atoms. The predicted molar refractivity (Wildman–Crippen MR) is 103 cm³/mol. The quantitative estimate of drug-likeness (QED) is 0.825. The number of carbonyl (C=O) groups excluding carboxylic acids is 2. The Balaban J connectivity index is 1.39. The van der Waals surface area contributed by atoms with Gasteiger partial charge in [0, 0.05) is 16.1 Å². The van der Waals surface area contributed by atoms with E-state index in [9.17, 15) is 9.59 Å². The molecule has 1 atom stereocenters. The van der Waals surface area contributed by atoms with Crippen molar-refractivity contribution in [1.82, 2.24) is 5.32 Å². The van der Waals surface area contributed by atoms with Crippen LogP contribution in [0.25, 0.3) is 0 Å². The second-order valence-corrected chi connectivity index (χ2v) is 9.25. The number of hydrogen-bond acceptors (Lipinski definition) is 2. The summed E-state index contributed by atoms with van der Waals surface area (Å²) < 4.78 is 0. The van der Waals surface area contributed by atoms with Crippen LogP contribution in [0.4, 0.5) is 5.69 Å². The van der Waals surface area contributed by atoms with E-state index in [0.29, 0.717) is 28.5 Å². The number of rotatable bonds is 4. The van der Waals surface area contributed by atoms with Gasteiger partial charge in [-0.15, -0.1) is 0 Å². The summed E-state index contributed by atoms with van der Waals surface area (Å²) in [6.07, 6.45) is 6.93. The number of aryl methyl sites for hydroxylation is 1. The highest BCUT2D eigenvalue weighted by atomic mass is 35.5. The number of nitrogens with one attached hydrogen (secondary N) is 2. The summed E-state index contributed by atoms with van der Waals surface area (Å²) in [5, 5.41) is 6.47. The molecule has 5 rings (SSSR count). The first-order valence-corrected chi connectivity index (χ1v) is 10.1. The van der Waals surface area contributed by atoms with Crippen molar-refractivity contribution in [2.24, 2.45) is 23.2 Å². The minimum atomic E-state index is -0.560. The van der Waals surface area contributed by atoms with Crippen LogP contribution in [0.15, 0.2) is 18.2 Å². The Morgan fingerprint density at radius 2 is 1.69 bits per heavy atom. The molecule has 0 saturated heterocycles. The molecule has 26 heavy (non-hydrogen) atoms. The summed E-state index contributed by atoms with van der Waals surface area (Å²) in [5.41, 5.74) is 1.39. The summed E-state index contributed by atoms with van der Waals surface area (Å²) in [4.78, 5) is 25.6. The highest BCUT2D eigenvalue weighted by Gasteiger charge is 2.54. The van der Waals surface area contributed by atoms with E-state index in [1.807, 2.05) is 19.1 Å². The first-order chi connectivity index (χ1) is 12.3. The van der Waals surface area contributed by atoms with Crippen LogP contribution < -0.4 is 10.6 Å². The molecule has 140 valence electrons. The SMILES string of the molecule is Cc1ccc(NC(=O)[C@H](C)NC(=O)C23CC4CC(CC(C4)C2)C3)cc1Cl. The second kappa shape index (κ2) is 6.56. The van der Waals surface area contributed by atoms with E-state index < -0.39 is 6.04 Å². The molecule has 2 N–H and O–H groups in total. The van der Waals surface area contributed by atoms with E-state index in [-0.39, 0.29) is 17.2 Å². The van der Waals surface area contributed by atoms with E-state index in [1.165, 1.54) is 19.3 Å². The zero-order valence-corrected chi connectivity index (χ0v) is 16.2. The minimum absolute atomic E-state index is 0.0844. The van der Waals surface area contributed by atoms with E-state index in [2.05, 4.69) is 10.6 Å². The first-order valence-electron chi connectivity index (χ1n) is 9.72. The number of carbonyl (C=O) groups is 2. The fourth-order valence-electron chi connectivity index (χ4n) is 5.73. The molecule has 4 saturated carbocycles. The molecular weight excluding hydrogens is 348 g/mol. The molecule has 4 aliphatic rings. The minimum Gasteiger partial charge on any atom is -0.344 e. The van der Waals surface area contributed by atoms with Gasteiger partial charge in [0.25, 0.3) is 0 Å². The van der Waals surface area contributed by atoms with Crippen molar-refractivity contribution in [1.29, 1.82) is 0 Å². The molecule has 0 unspecified atom stereocenters. The van der Waals surface area contributed by atoms with Crippen molar-refractivity contribution in [3.8, 4) is 0 Å². The molecule has 1 aromatic carbocycles. The maximum atomic E-state index is 13.1. The number of halogens is 1. The summed E-state index contributed by atoms with van der Waals surface area (Å²) in [6.45, 7) is 3.67. The molecule has 2 amide bonds. The Morgan fingerprint density at radius 3 is 2.23 bits per heavy atom. The second-order valence-electron chi connectivity index (χ2n) is 8.85. The third-order valence-electron chi connectivity index (χ3n) is 6.70. The van der Waals surface area contributed by atoms with Crippen LogP contribution in [0, 0.1) is 30.1 Å². The highest BCUT2D eigenvalue weighted by molar-refractivity contribution is 6.31. The molecule has 4 aliphatic carbocycles. The van der Waals surface area contributed by atoms with Gasteiger partial charge in [-0.1, -0.05) is 17.7 Å². The zero-order valence-electron chi connectivity index (χ0n) is 15.5. The lowest BCUT2D eigenvalue weighted by molar-refractivity contribution is -0.147. The molecule has 5 heteroatoms. The molecule has 0 heterocycles. The van der Waals surface area contributed by atoms with Crippen LogP contribution in [-0.2, 0) is 9.59 Å². The number of hydrogen-bond donors (Lipinski definition) is 2. The number of benzene rings is 1. The van der Waals surface area contributed by atoms with Gasteiger partial charge >= 0.3 is 0 Å². The lowest BCUT2D eigenvalue weighted by Gasteiger charge is -2.55. The van der Waals surface area contributed by atoms with Gasteiger partial charge in [0.05, 0.1) is 0 Å². The highest BCUT2D eigenvalue weighted by Crippen LogP contribution is 2.60. The van der Waals surface area contributed by atoms with Crippen molar-refractivity contribution in [3.63, 3.8) is 0 Å². The normalized spacial score (nSPS) is 33.0. The molecule has 4 nitrogen and oxygen atoms in total. The summed E-state index contributed by atoms with van der Waals surface area (Å²) >= 11 is 6.12. The third kappa shape index (κ3) is 3.24. The molecule has 4 fully saturated rings. The first kappa shape index (κ1) is 17.8. The maximum Gasteiger partial charge on any atom is 0.246 e. The topological polar surface area (TPSA) is 58.2 Å². The predicted octanol–water partition coefficient (Wildman–Crippen LogP) is 4.31. The fourth-order valence-corrected chi connectivity index (χ4v) is 5.91. The van der Waals surface area contributed by atoms with Crippen molar-refractivity contribution in [2.45, 2.75) is 58.4 Å². The molecule has 0 aromatic heterocycles. The third-order valence-corrected chi connectivity index (χ3v) is 7.11. The van der Waals surface area contributed by atoms with Crippen LogP contribution in [-0.4, -0.2) is 17.9 Å². The van der Waals surface area contributed by atoms with Crippen LogP contribution in [0.1, 0.15) is 51.0 Å². The Bertz CT molecular complexity index is 710. The smallest absolute Gasteiger partial charge is 0.246 e. The largest absolute Gasteiger partial charge is 0.344 e. The molecular formula is C21H27ClN2O2. The zero-order chi connectivity index (χ0) is 18.5. The Labute approximate surface area is 160 Å². The van der Waals surface area contributed by atoms with Gasteiger partial charge in [0.1, 0.15) is 6.04 Å². The molecule has 0 radical (unpaired) electrons. The van der Waals surface area contributed by atoms with E-state index in [1.54, 1.807) is 13.0 Å². The van der Waals surface area contributed by atoms with Crippen molar-refractivity contribution >= 4 is 29.1 Å². The molecule has 0 aliphatic heterocycles. The van der Waals surface area contributed by atoms with Crippen molar-refractivity contribution in [3.05, 3.63) is 28.8 Å². The monoisotopic (exact) mass is 374 g/mol. The average Bonchev–Trinajstić information content (AvgIpc) is 2.57. The van der Waals surface area contributed by atoms with Gasteiger partial charge < -0.3 is 10.6 Å². The standard InChI is InChI=1S/C21H27ClN2O2/c1-12-3-4-17(8-18(12)22)24-19(25)13(2)23-20(26)21-9-14-5-15(10-21)7-16(6-14)11-21/h3-4,8,13-16H,5-7,9-11H2,1-2H3,(H,23,26)(H,24,25)/t13-,14?,15?,16?,21?/m0/s1. The van der Waals surface area contributed by atoms with E-state index in [4.69, 9.17) is 11.6 Å². The van der Waals surface area contributed by atoms with Gasteiger partial charge in [0.2, 0.25) is 11.8 Å². The van der Waals surface area contributed by atoms with Crippen LogP contribution in [0.3, 0.4) is 0 Å². The lowest BCUT2D eigenvalue weighted by atomic mass is 9.49. The molecule has 0 spiro atoms. The lowest BCUT2D eigenvalue weighted by Crippen LogP contribution is -2.56. The number of amides is 2. The Hall–Kier alpha value is -1.55. The maximum absolute atomic E-state index is 13.1. The van der Waals surface area contributed by atoms with Gasteiger partial charge in [-0.3, -0.25) is 9.59 Å². The van der Waals surface area contributed by atoms with Crippen LogP contribution in [0.2, 0.25) is 5.02 Å². The van der Waals surface area contributed by atoms with E-state index in [0.717, 1.165) is 24.8 Å². The van der Waals surface area contributed by atoms with Gasteiger partial charge in [-0.05, 0) is 87.8 Å². The average molecular weight is 375 g/mol. The fraction of sp³-hybridized carbons (Fsp3) is 0.619. The van der Waals surface area contributed by atoms with Crippen molar-refractivity contribution < 1.29 is 9.59 Å². The summed E-state index contributed by atoms with van der Waals surface area (Å²) in [6, 6.07) is 4.88. The van der Waals surface area contributed by atoms with Crippen LogP contribution >= 0.6 is 11.6 Å². The Kier molecular flexibility index (Phi) is 4.50. The summed E-state index contributed by atoms with van der Waals surface area (Å²) in [7, 11) is 0. The van der Waals surface area contributed by atoms with Crippen LogP contribution in [0.5, 0.6) is 0 Å². The summed E-state index contributed by atoms with van der Waals surface area (Å²) in [5.74, 6) is 2.02. The van der Waals surface area contributed by atoms with Gasteiger partial charge in [0.15, 0.2) is 0 Å². The van der Waals surface area contributed by atoms with Gasteiger partial charge in [-0.25, -0.2) is 0 Å². The molecule has 1 aromatic rings. The number of anilines is 1. The Morgan fingerprint density at radius 1 is 1.12 bits per heavy atom. The van der Waals surface area contributed by atoms with E-state index >= 15 is 0 Å². The van der Waals surface area contributed by atoms with Crippen molar-refractivity contribution in [2.75, 3.05) is 5.32 Å².